The smallest absolute Gasteiger partial charge is 0.130 e. The maximum atomic E-state index is 11.6. The molecule has 0 bridgehead atoms. The molecule has 0 spiro atoms. The van der Waals surface area contributed by atoms with E-state index < -0.39 is 8.07 Å². The molecule has 0 saturated heterocycles. The van der Waals surface area contributed by atoms with Crippen LogP contribution < -0.4 is 0 Å². The van der Waals surface area contributed by atoms with Crippen molar-refractivity contribution in [2.45, 2.75) is 71.6 Å². The maximum Gasteiger partial charge on any atom is 0.130 e. The van der Waals surface area contributed by atoms with Crippen LogP contribution in [0, 0.1) is 5.41 Å². The Morgan fingerprint density at radius 3 is 2.24 bits per heavy atom. The van der Waals surface area contributed by atoms with E-state index in [0.717, 1.165) is 19.3 Å². The predicted molar refractivity (Wildman–Crippen MR) is 95.6 cm³/mol. The van der Waals surface area contributed by atoms with E-state index in [1.54, 1.807) is 6.92 Å². The number of ketones is 1. The van der Waals surface area contributed by atoms with Crippen LogP contribution in [0.5, 0.6) is 0 Å². The van der Waals surface area contributed by atoms with Gasteiger partial charge in [-0.2, -0.15) is 0 Å². The second-order valence-electron chi connectivity index (χ2n) is 8.09. The standard InChI is InChI=1S/C19H32OSi/c1-17(20)16-19(2,13-9-15-21(3,4)5)14-12-18-10-7-6-8-11-18/h6-8,10-11H,9,12-16H2,1-5H3/t19-/m0/s1. The highest BCUT2D eigenvalue weighted by molar-refractivity contribution is 6.76. The number of aryl methyl sites for hydroxylation is 1. The molecule has 0 fully saturated rings. The van der Waals surface area contributed by atoms with Gasteiger partial charge in [0.05, 0.1) is 0 Å². The van der Waals surface area contributed by atoms with Crippen molar-refractivity contribution in [1.29, 1.82) is 0 Å². The molecule has 0 heterocycles. The fraction of sp³-hybridized carbons (Fsp3) is 0.632. The van der Waals surface area contributed by atoms with E-state index in [1.165, 1.54) is 24.4 Å². The van der Waals surface area contributed by atoms with Crippen LogP contribution in [0.1, 0.15) is 45.1 Å². The van der Waals surface area contributed by atoms with Crippen LogP contribution >= 0.6 is 0 Å². The molecule has 1 atom stereocenters. The highest BCUT2D eigenvalue weighted by Gasteiger charge is 2.26. The molecule has 21 heavy (non-hydrogen) atoms. The lowest BCUT2D eigenvalue weighted by Crippen LogP contribution is -2.24. The molecule has 0 radical (unpaired) electrons. The number of carbonyl (C=O) groups excluding carboxylic acids is 1. The first-order valence-electron chi connectivity index (χ1n) is 8.24. The summed E-state index contributed by atoms with van der Waals surface area (Å²) in [7, 11) is -0.969. The van der Waals surface area contributed by atoms with Crippen molar-refractivity contribution >= 4 is 13.9 Å². The van der Waals surface area contributed by atoms with Crippen LogP contribution in [-0.4, -0.2) is 13.9 Å². The molecule has 2 heteroatoms. The Balaban J connectivity index is 2.58. The second kappa shape index (κ2) is 7.93. The van der Waals surface area contributed by atoms with Gasteiger partial charge in [0.25, 0.3) is 0 Å². The van der Waals surface area contributed by atoms with E-state index in [0.29, 0.717) is 5.78 Å². The van der Waals surface area contributed by atoms with Crippen molar-refractivity contribution in [3.63, 3.8) is 0 Å². The van der Waals surface area contributed by atoms with Crippen LogP contribution in [-0.2, 0) is 11.2 Å². The first kappa shape index (κ1) is 18.2. The number of rotatable bonds is 9. The summed E-state index contributed by atoms with van der Waals surface area (Å²) in [6.45, 7) is 11.3. The average molecular weight is 305 g/mol. The summed E-state index contributed by atoms with van der Waals surface area (Å²) in [5.41, 5.74) is 1.55. The average Bonchev–Trinajstić information content (AvgIpc) is 2.35. The SMILES string of the molecule is CC(=O)C[C@@](C)(CCC[Si](C)(C)C)CCc1ccccc1. The Kier molecular flexibility index (Phi) is 6.86. The van der Waals surface area contributed by atoms with Crippen LogP contribution in [0.3, 0.4) is 0 Å². The van der Waals surface area contributed by atoms with E-state index in [2.05, 4.69) is 56.9 Å². The van der Waals surface area contributed by atoms with Gasteiger partial charge in [0.15, 0.2) is 0 Å². The van der Waals surface area contributed by atoms with Gasteiger partial charge in [-0.25, -0.2) is 0 Å². The molecule has 0 amide bonds. The summed E-state index contributed by atoms with van der Waals surface area (Å²) in [6.07, 6.45) is 5.38. The number of carbonyl (C=O) groups is 1. The van der Waals surface area contributed by atoms with Gasteiger partial charge in [-0.3, -0.25) is 0 Å². The van der Waals surface area contributed by atoms with Crippen LogP contribution in [0.2, 0.25) is 25.7 Å². The van der Waals surface area contributed by atoms with E-state index in [-0.39, 0.29) is 5.41 Å². The molecule has 0 aliphatic carbocycles. The van der Waals surface area contributed by atoms with Crippen molar-refractivity contribution in [3.05, 3.63) is 35.9 Å². The molecule has 0 aliphatic rings. The zero-order chi connectivity index (χ0) is 15.9. The van der Waals surface area contributed by atoms with E-state index >= 15 is 0 Å². The van der Waals surface area contributed by atoms with Crippen LogP contribution in [0.4, 0.5) is 0 Å². The predicted octanol–water partition coefficient (Wildman–Crippen LogP) is 5.72. The summed E-state index contributed by atoms with van der Waals surface area (Å²) >= 11 is 0. The topological polar surface area (TPSA) is 17.1 Å². The van der Waals surface area contributed by atoms with Crippen molar-refractivity contribution in [2.24, 2.45) is 5.41 Å². The highest BCUT2D eigenvalue weighted by Crippen LogP contribution is 2.35. The van der Waals surface area contributed by atoms with Crippen LogP contribution in [0.15, 0.2) is 30.3 Å². The lowest BCUT2D eigenvalue weighted by molar-refractivity contribution is -0.119. The molecule has 0 N–H and O–H groups in total. The zero-order valence-electron chi connectivity index (χ0n) is 14.5. The Morgan fingerprint density at radius 1 is 1.10 bits per heavy atom. The summed E-state index contributed by atoms with van der Waals surface area (Å²) < 4.78 is 0. The molecule has 0 saturated carbocycles. The minimum atomic E-state index is -0.969. The Hall–Kier alpha value is -0.893. The zero-order valence-corrected chi connectivity index (χ0v) is 15.5. The monoisotopic (exact) mass is 304 g/mol. The number of benzene rings is 1. The molecule has 1 aromatic carbocycles. The second-order valence-corrected chi connectivity index (χ2v) is 13.7. The summed E-state index contributed by atoms with van der Waals surface area (Å²) in [5, 5.41) is 0. The number of hydrogen-bond donors (Lipinski definition) is 0. The van der Waals surface area contributed by atoms with Crippen molar-refractivity contribution in [3.8, 4) is 0 Å². The summed E-state index contributed by atoms with van der Waals surface area (Å²) in [5.74, 6) is 0.332. The lowest BCUT2D eigenvalue weighted by atomic mass is 9.76. The minimum Gasteiger partial charge on any atom is -0.300 e. The van der Waals surface area contributed by atoms with Gasteiger partial charge < -0.3 is 4.79 Å². The molecule has 0 aromatic heterocycles. The normalized spacial score (nSPS) is 14.7. The lowest BCUT2D eigenvalue weighted by Gasteiger charge is -2.30. The first-order valence-corrected chi connectivity index (χ1v) is 11.9. The fourth-order valence-corrected chi connectivity index (χ4v) is 4.28. The summed E-state index contributed by atoms with van der Waals surface area (Å²) in [6, 6.07) is 12.0. The van der Waals surface area contributed by atoms with Gasteiger partial charge in [0.2, 0.25) is 0 Å². The highest BCUT2D eigenvalue weighted by atomic mass is 28.3. The quantitative estimate of drug-likeness (QED) is 0.533. The molecule has 0 aliphatic heterocycles. The minimum absolute atomic E-state index is 0.168. The maximum absolute atomic E-state index is 11.6. The molecule has 118 valence electrons. The third-order valence-electron chi connectivity index (χ3n) is 4.24. The third-order valence-corrected chi connectivity index (χ3v) is 6.10. The Labute approximate surface area is 132 Å². The largest absolute Gasteiger partial charge is 0.300 e. The van der Waals surface area contributed by atoms with Crippen LogP contribution in [0.25, 0.3) is 0 Å². The van der Waals surface area contributed by atoms with Gasteiger partial charge in [0, 0.05) is 14.5 Å². The Bertz CT molecular complexity index is 433. The van der Waals surface area contributed by atoms with E-state index in [9.17, 15) is 4.79 Å². The van der Waals surface area contributed by atoms with Gasteiger partial charge in [0.1, 0.15) is 5.78 Å². The third kappa shape index (κ3) is 8.20. The van der Waals surface area contributed by atoms with Gasteiger partial charge in [-0.1, -0.05) is 69.4 Å². The molecule has 0 unspecified atom stereocenters. The number of Topliss-reactive ketones (excluding diaryl/α,β-unsaturated/α-hetero) is 1. The summed E-state index contributed by atoms with van der Waals surface area (Å²) in [4.78, 5) is 11.6. The van der Waals surface area contributed by atoms with Crippen molar-refractivity contribution in [2.75, 3.05) is 0 Å². The molecule has 1 aromatic rings. The van der Waals surface area contributed by atoms with Gasteiger partial charge in [-0.15, -0.1) is 0 Å². The molecule has 1 rings (SSSR count). The van der Waals surface area contributed by atoms with Crippen molar-refractivity contribution in [1.82, 2.24) is 0 Å². The molecule has 1 nitrogen and oxygen atoms in total. The van der Waals surface area contributed by atoms with E-state index in [4.69, 9.17) is 0 Å². The first-order chi connectivity index (χ1) is 9.70. The van der Waals surface area contributed by atoms with Crippen molar-refractivity contribution < 1.29 is 4.79 Å². The number of hydrogen-bond acceptors (Lipinski definition) is 1. The molecular weight excluding hydrogens is 272 g/mol. The fourth-order valence-electron chi connectivity index (χ4n) is 3.04. The molecular formula is C19H32OSi. The van der Waals surface area contributed by atoms with Gasteiger partial charge >= 0.3 is 0 Å². The van der Waals surface area contributed by atoms with E-state index in [1.807, 2.05) is 0 Å². The van der Waals surface area contributed by atoms with Gasteiger partial charge in [-0.05, 0) is 37.2 Å². The Morgan fingerprint density at radius 2 is 1.71 bits per heavy atom.